The van der Waals surface area contributed by atoms with Crippen LogP contribution < -0.4 is 4.90 Å². The predicted octanol–water partition coefficient (Wildman–Crippen LogP) is 3.27. The molecule has 0 atom stereocenters. The third-order valence-electron chi connectivity index (χ3n) is 5.37. The number of benzene rings is 1. The monoisotopic (exact) mass is 385 g/mol. The predicted molar refractivity (Wildman–Crippen MR) is 108 cm³/mol. The molecule has 1 saturated carbocycles. The van der Waals surface area contributed by atoms with Crippen molar-refractivity contribution in [2.45, 2.75) is 50.4 Å². The Morgan fingerprint density at radius 2 is 1.96 bits per heavy atom. The molecule has 4 rings (SSSR count). The molecule has 2 heterocycles. The number of nitrogens with zero attached hydrogens (tertiary/aromatic N) is 5. The van der Waals surface area contributed by atoms with E-state index >= 15 is 0 Å². The van der Waals surface area contributed by atoms with E-state index in [1.54, 1.807) is 4.90 Å². The van der Waals surface area contributed by atoms with E-state index in [2.05, 4.69) is 38.7 Å². The molecule has 1 aromatic carbocycles. The Labute approximate surface area is 164 Å². The highest BCUT2D eigenvalue weighted by Crippen LogP contribution is 2.41. The van der Waals surface area contributed by atoms with E-state index < -0.39 is 0 Å². The molecule has 2 aliphatic rings. The lowest BCUT2D eigenvalue weighted by atomic mass is 10.1. The zero-order valence-corrected chi connectivity index (χ0v) is 16.9. The van der Waals surface area contributed by atoms with Crippen molar-refractivity contribution in [1.29, 1.82) is 0 Å². The zero-order chi connectivity index (χ0) is 18.8. The van der Waals surface area contributed by atoms with Crippen molar-refractivity contribution in [3.8, 4) is 0 Å². The van der Waals surface area contributed by atoms with Crippen LogP contribution in [0.5, 0.6) is 0 Å². The van der Waals surface area contributed by atoms with Gasteiger partial charge in [-0.25, -0.2) is 0 Å². The minimum atomic E-state index is 0.122. The van der Waals surface area contributed by atoms with E-state index in [0.29, 0.717) is 18.3 Å². The van der Waals surface area contributed by atoms with Crippen molar-refractivity contribution in [2.24, 2.45) is 0 Å². The number of rotatable bonds is 7. The molecule has 0 unspecified atom stereocenters. The number of carbonyl (C=O) groups excluding carboxylic acids is 1. The van der Waals surface area contributed by atoms with Crippen molar-refractivity contribution in [3.05, 3.63) is 35.4 Å². The first-order valence-corrected chi connectivity index (χ1v) is 10.7. The molecule has 1 amide bonds. The summed E-state index contributed by atoms with van der Waals surface area (Å²) >= 11 is 1.52. The standard InChI is InChI=1S/C20H27N5OS/c1-15-7-3-4-8-16(15)13-23(2)18(26)14-27-20-22-21-19(24-11-5-6-12-24)25(20)17-9-10-17/h3-4,7-8,17H,5-6,9-14H2,1-2H3. The molecular weight excluding hydrogens is 358 g/mol. The number of hydrogen-bond donors (Lipinski definition) is 0. The lowest BCUT2D eigenvalue weighted by molar-refractivity contribution is -0.127. The van der Waals surface area contributed by atoms with Crippen LogP contribution in [0.15, 0.2) is 29.4 Å². The van der Waals surface area contributed by atoms with Crippen molar-refractivity contribution >= 4 is 23.6 Å². The van der Waals surface area contributed by atoms with Gasteiger partial charge in [-0.1, -0.05) is 36.0 Å². The molecule has 0 radical (unpaired) electrons. The first kappa shape index (κ1) is 18.3. The van der Waals surface area contributed by atoms with Gasteiger partial charge in [0, 0.05) is 32.7 Å². The van der Waals surface area contributed by atoms with Gasteiger partial charge in [-0.05, 0) is 43.7 Å². The Kier molecular flexibility index (Phi) is 5.38. The summed E-state index contributed by atoms with van der Waals surface area (Å²) in [6.07, 6.45) is 4.82. The number of aryl methyl sites for hydroxylation is 1. The first-order valence-electron chi connectivity index (χ1n) is 9.74. The second-order valence-electron chi connectivity index (χ2n) is 7.54. The van der Waals surface area contributed by atoms with Crippen molar-refractivity contribution in [2.75, 3.05) is 30.8 Å². The summed E-state index contributed by atoms with van der Waals surface area (Å²) in [6, 6.07) is 8.73. The fraction of sp³-hybridized carbons (Fsp3) is 0.550. The summed E-state index contributed by atoms with van der Waals surface area (Å²) in [4.78, 5) is 16.8. The first-order chi connectivity index (χ1) is 13.1. The summed E-state index contributed by atoms with van der Waals surface area (Å²) < 4.78 is 2.27. The molecule has 1 aliphatic heterocycles. The molecule has 2 aromatic rings. The molecule has 1 aromatic heterocycles. The average Bonchev–Trinajstić information content (AvgIpc) is 3.19. The van der Waals surface area contributed by atoms with Crippen LogP contribution in [0.3, 0.4) is 0 Å². The summed E-state index contributed by atoms with van der Waals surface area (Å²) in [6.45, 7) is 4.85. The summed E-state index contributed by atoms with van der Waals surface area (Å²) in [5, 5.41) is 9.76. The molecule has 144 valence electrons. The minimum absolute atomic E-state index is 0.122. The van der Waals surface area contributed by atoms with Gasteiger partial charge in [-0.3, -0.25) is 9.36 Å². The maximum atomic E-state index is 12.6. The van der Waals surface area contributed by atoms with Crippen LogP contribution in [-0.4, -0.2) is 51.5 Å². The fourth-order valence-electron chi connectivity index (χ4n) is 3.52. The Balaban J connectivity index is 1.39. The van der Waals surface area contributed by atoms with E-state index in [4.69, 9.17) is 0 Å². The van der Waals surface area contributed by atoms with Crippen LogP contribution in [0, 0.1) is 6.92 Å². The molecule has 2 fully saturated rings. The molecular formula is C20H27N5OS. The van der Waals surface area contributed by atoms with Gasteiger partial charge in [0.25, 0.3) is 0 Å². The normalized spacial score (nSPS) is 16.7. The largest absolute Gasteiger partial charge is 0.341 e. The molecule has 1 aliphatic carbocycles. The van der Waals surface area contributed by atoms with Gasteiger partial charge >= 0.3 is 0 Å². The molecule has 0 N–H and O–H groups in total. The van der Waals surface area contributed by atoms with Gasteiger partial charge < -0.3 is 9.80 Å². The van der Waals surface area contributed by atoms with Crippen LogP contribution in [-0.2, 0) is 11.3 Å². The van der Waals surface area contributed by atoms with Crippen LogP contribution in [0.25, 0.3) is 0 Å². The van der Waals surface area contributed by atoms with Crippen molar-refractivity contribution in [1.82, 2.24) is 19.7 Å². The number of aromatic nitrogens is 3. The summed E-state index contributed by atoms with van der Waals surface area (Å²) in [7, 11) is 1.87. The maximum absolute atomic E-state index is 12.6. The quantitative estimate of drug-likeness (QED) is 0.685. The summed E-state index contributed by atoms with van der Waals surface area (Å²) in [5.74, 6) is 1.52. The number of carbonyl (C=O) groups is 1. The van der Waals surface area contributed by atoms with Gasteiger partial charge in [0.05, 0.1) is 5.75 Å². The molecule has 7 heteroatoms. The van der Waals surface area contributed by atoms with Crippen LogP contribution in [0.1, 0.15) is 42.9 Å². The highest BCUT2D eigenvalue weighted by molar-refractivity contribution is 7.99. The number of amides is 1. The molecule has 27 heavy (non-hydrogen) atoms. The highest BCUT2D eigenvalue weighted by Gasteiger charge is 2.32. The van der Waals surface area contributed by atoms with Gasteiger partial charge in [-0.2, -0.15) is 0 Å². The summed E-state index contributed by atoms with van der Waals surface area (Å²) in [5.41, 5.74) is 2.41. The lowest BCUT2D eigenvalue weighted by Gasteiger charge is -2.19. The smallest absolute Gasteiger partial charge is 0.233 e. The Hall–Kier alpha value is -2.02. The zero-order valence-electron chi connectivity index (χ0n) is 16.1. The fourth-order valence-corrected chi connectivity index (χ4v) is 4.46. The SMILES string of the molecule is Cc1ccccc1CN(C)C(=O)CSc1nnc(N2CCCC2)n1C1CC1. The van der Waals surface area contributed by atoms with Crippen molar-refractivity contribution in [3.63, 3.8) is 0 Å². The van der Waals surface area contributed by atoms with Crippen LogP contribution in [0.2, 0.25) is 0 Å². The van der Waals surface area contributed by atoms with Crippen LogP contribution in [0.4, 0.5) is 5.95 Å². The highest BCUT2D eigenvalue weighted by atomic mass is 32.2. The van der Waals surface area contributed by atoms with E-state index in [-0.39, 0.29) is 5.91 Å². The minimum Gasteiger partial charge on any atom is -0.341 e. The number of anilines is 1. The van der Waals surface area contributed by atoms with Gasteiger partial charge in [0.2, 0.25) is 11.9 Å². The second-order valence-corrected chi connectivity index (χ2v) is 8.49. The van der Waals surface area contributed by atoms with E-state index in [0.717, 1.165) is 24.2 Å². The second kappa shape index (κ2) is 7.92. The number of thioether (sulfide) groups is 1. The lowest BCUT2D eigenvalue weighted by Crippen LogP contribution is -2.28. The molecule has 0 spiro atoms. The van der Waals surface area contributed by atoms with E-state index in [1.807, 2.05) is 19.2 Å². The Morgan fingerprint density at radius 3 is 2.67 bits per heavy atom. The van der Waals surface area contributed by atoms with Gasteiger partial charge in [0.15, 0.2) is 5.16 Å². The Bertz CT molecular complexity index is 810. The third-order valence-corrected chi connectivity index (χ3v) is 6.29. The van der Waals surface area contributed by atoms with Gasteiger partial charge in [-0.15, -0.1) is 10.2 Å². The maximum Gasteiger partial charge on any atom is 0.233 e. The average molecular weight is 386 g/mol. The Morgan fingerprint density at radius 1 is 1.22 bits per heavy atom. The van der Waals surface area contributed by atoms with Gasteiger partial charge in [0.1, 0.15) is 0 Å². The molecule has 0 bridgehead atoms. The van der Waals surface area contributed by atoms with Crippen molar-refractivity contribution < 1.29 is 4.79 Å². The number of hydrogen-bond acceptors (Lipinski definition) is 5. The van der Waals surface area contributed by atoms with E-state index in [9.17, 15) is 4.79 Å². The van der Waals surface area contributed by atoms with E-state index in [1.165, 1.54) is 48.6 Å². The van der Waals surface area contributed by atoms with Crippen LogP contribution >= 0.6 is 11.8 Å². The third kappa shape index (κ3) is 4.13. The topological polar surface area (TPSA) is 54.3 Å². The molecule has 1 saturated heterocycles. The molecule has 6 nitrogen and oxygen atoms in total.